The Balaban J connectivity index is 1.64. The summed E-state index contributed by atoms with van der Waals surface area (Å²) in [5.41, 5.74) is 1.25. The zero-order chi connectivity index (χ0) is 16.4. The molecular weight excluding hydrogens is 290 g/mol. The van der Waals surface area contributed by atoms with Gasteiger partial charge in [-0.25, -0.2) is 15.0 Å². The van der Waals surface area contributed by atoms with Crippen molar-refractivity contribution < 1.29 is 0 Å². The second-order valence-electron chi connectivity index (χ2n) is 6.41. The second-order valence-corrected chi connectivity index (χ2v) is 6.41. The minimum atomic E-state index is 0.480. The molecule has 1 aliphatic rings. The fourth-order valence-electron chi connectivity index (χ4n) is 3.00. The maximum Gasteiger partial charge on any atom is 0.134 e. The molecule has 0 saturated carbocycles. The molecule has 1 unspecified atom stereocenters. The number of hydrogen-bond acceptors (Lipinski definition) is 6. The molecule has 0 N–H and O–H groups in total. The van der Waals surface area contributed by atoms with Gasteiger partial charge in [0.05, 0.1) is 12.0 Å². The van der Waals surface area contributed by atoms with Crippen LogP contribution in [-0.4, -0.2) is 64.7 Å². The van der Waals surface area contributed by atoms with E-state index < -0.39 is 0 Å². The number of likely N-dealkylation sites (N-methyl/N-ethyl adjacent to an activating group) is 1. The van der Waals surface area contributed by atoms with Gasteiger partial charge in [-0.1, -0.05) is 0 Å². The summed E-state index contributed by atoms with van der Waals surface area (Å²) in [5.74, 6) is 1.92. The average molecular weight is 315 g/mol. The molecule has 1 saturated heterocycles. The van der Waals surface area contributed by atoms with E-state index in [-0.39, 0.29) is 0 Å². The van der Waals surface area contributed by atoms with Gasteiger partial charge >= 0.3 is 0 Å². The summed E-state index contributed by atoms with van der Waals surface area (Å²) in [6, 6.07) is 2.53. The molecule has 7 nitrogen and oxygen atoms in total. The van der Waals surface area contributed by atoms with E-state index in [0.29, 0.717) is 6.04 Å². The molecule has 1 fully saturated rings. The van der Waals surface area contributed by atoms with Crippen LogP contribution in [0.5, 0.6) is 0 Å². The smallest absolute Gasteiger partial charge is 0.134 e. The van der Waals surface area contributed by atoms with Gasteiger partial charge in [0.15, 0.2) is 0 Å². The zero-order valence-corrected chi connectivity index (χ0v) is 14.3. The summed E-state index contributed by atoms with van der Waals surface area (Å²) < 4.78 is 2.09. The van der Waals surface area contributed by atoms with E-state index in [2.05, 4.69) is 36.4 Å². The first-order valence-electron chi connectivity index (χ1n) is 7.94. The number of aryl methyl sites for hydroxylation is 1. The van der Waals surface area contributed by atoms with Gasteiger partial charge in [-0.2, -0.15) is 0 Å². The maximum absolute atomic E-state index is 4.44. The number of nitrogens with zero attached hydrogens (tertiary/aromatic N) is 7. The van der Waals surface area contributed by atoms with Crippen LogP contribution in [0.4, 0.5) is 11.6 Å². The largest absolute Gasteiger partial charge is 0.363 e. The molecule has 3 heterocycles. The van der Waals surface area contributed by atoms with Gasteiger partial charge in [0.25, 0.3) is 0 Å². The highest BCUT2D eigenvalue weighted by atomic mass is 15.3. The standard InChI is InChI=1S/C16H25N7/c1-20(2)15-7-16(19-11-18-15)22(4)13-5-6-23(9-13)10-14-8-17-12-21(14)3/h7-8,11-13H,5-6,9-10H2,1-4H3. The Morgan fingerprint density at radius 2 is 2.00 bits per heavy atom. The molecule has 23 heavy (non-hydrogen) atoms. The molecule has 0 bridgehead atoms. The summed E-state index contributed by atoms with van der Waals surface area (Å²) in [6.07, 6.45) is 6.60. The second kappa shape index (κ2) is 6.54. The predicted molar refractivity (Wildman–Crippen MR) is 91.7 cm³/mol. The zero-order valence-electron chi connectivity index (χ0n) is 14.3. The summed E-state index contributed by atoms with van der Waals surface area (Å²) in [4.78, 5) is 19.7. The summed E-state index contributed by atoms with van der Waals surface area (Å²) >= 11 is 0. The maximum atomic E-state index is 4.44. The van der Waals surface area contributed by atoms with Crippen LogP contribution in [0.15, 0.2) is 24.9 Å². The lowest BCUT2D eigenvalue weighted by atomic mass is 10.2. The van der Waals surface area contributed by atoms with Gasteiger partial charge in [0, 0.05) is 66.1 Å². The van der Waals surface area contributed by atoms with Gasteiger partial charge < -0.3 is 14.4 Å². The van der Waals surface area contributed by atoms with Crippen LogP contribution >= 0.6 is 0 Å². The topological polar surface area (TPSA) is 53.3 Å². The van der Waals surface area contributed by atoms with E-state index in [1.807, 2.05) is 44.6 Å². The normalized spacial score (nSPS) is 18.3. The van der Waals surface area contributed by atoms with Gasteiger partial charge in [0.2, 0.25) is 0 Å². The molecule has 2 aromatic rings. The monoisotopic (exact) mass is 315 g/mol. The van der Waals surface area contributed by atoms with Crippen LogP contribution in [0, 0.1) is 0 Å². The molecule has 0 aromatic carbocycles. The highest BCUT2D eigenvalue weighted by molar-refractivity contribution is 5.49. The number of anilines is 2. The third-order valence-electron chi connectivity index (χ3n) is 4.56. The van der Waals surface area contributed by atoms with Crippen LogP contribution in [0.3, 0.4) is 0 Å². The first kappa shape index (κ1) is 15.7. The van der Waals surface area contributed by atoms with Gasteiger partial charge in [-0.05, 0) is 6.42 Å². The third-order valence-corrected chi connectivity index (χ3v) is 4.56. The highest BCUT2D eigenvalue weighted by Crippen LogP contribution is 2.22. The lowest BCUT2D eigenvalue weighted by Gasteiger charge is -2.26. The lowest BCUT2D eigenvalue weighted by molar-refractivity contribution is 0.318. The highest BCUT2D eigenvalue weighted by Gasteiger charge is 2.27. The minimum Gasteiger partial charge on any atom is -0.363 e. The molecule has 0 spiro atoms. The van der Waals surface area contributed by atoms with Crippen LogP contribution < -0.4 is 9.80 Å². The van der Waals surface area contributed by atoms with Crippen LogP contribution in [-0.2, 0) is 13.6 Å². The molecule has 1 atom stereocenters. The summed E-state index contributed by atoms with van der Waals surface area (Å²) in [7, 11) is 8.17. The SMILES string of the molecule is CN(C)c1cc(N(C)C2CCN(Cc3cncn3C)C2)ncn1. The molecule has 0 aliphatic carbocycles. The van der Waals surface area contributed by atoms with E-state index >= 15 is 0 Å². The van der Waals surface area contributed by atoms with Crippen molar-refractivity contribution >= 4 is 11.6 Å². The van der Waals surface area contributed by atoms with Crippen molar-refractivity contribution in [2.75, 3.05) is 44.0 Å². The Morgan fingerprint density at radius 3 is 2.70 bits per heavy atom. The Hall–Kier alpha value is -2.15. The van der Waals surface area contributed by atoms with E-state index in [1.165, 1.54) is 5.69 Å². The number of aromatic nitrogens is 4. The first-order chi connectivity index (χ1) is 11.0. The average Bonchev–Trinajstić information content (AvgIpc) is 3.17. The minimum absolute atomic E-state index is 0.480. The quantitative estimate of drug-likeness (QED) is 0.820. The predicted octanol–water partition coefficient (Wildman–Crippen LogP) is 0.987. The van der Waals surface area contributed by atoms with Gasteiger partial charge in [0.1, 0.15) is 18.0 Å². The van der Waals surface area contributed by atoms with Crippen molar-refractivity contribution in [1.29, 1.82) is 0 Å². The lowest BCUT2D eigenvalue weighted by Crippen LogP contribution is -2.35. The molecule has 7 heteroatoms. The molecule has 0 amide bonds. The van der Waals surface area contributed by atoms with Crippen molar-refractivity contribution in [2.24, 2.45) is 7.05 Å². The molecule has 0 radical (unpaired) electrons. The first-order valence-corrected chi connectivity index (χ1v) is 7.94. The number of rotatable bonds is 5. The summed E-state index contributed by atoms with van der Waals surface area (Å²) in [5, 5.41) is 0. The van der Waals surface area contributed by atoms with E-state index in [0.717, 1.165) is 37.7 Å². The van der Waals surface area contributed by atoms with E-state index in [4.69, 9.17) is 0 Å². The Morgan fingerprint density at radius 1 is 1.22 bits per heavy atom. The molecule has 2 aromatic heterocycles. The Bertz CT molecular complexity index is 651. The molecule has 1 aliphatic heterocycles. The number of imidazole rings is 1. The van der Waals surface area contributed by atoms with Crippen molar-refractivity contribution in [3.8, 4) is 0 Å². The molecule has 124 valence electrons. The van der Waals surface area contributed by atoms with Crippen LogP contribution in [0.1, 0.15) is 12.1 Å². The summed E-state index contributed by atoms with van der Waals surface area (Å²) in [6.45, 7) is 3.10. The fraction of sp³-hybridized carbons (Fsp3) is 0.562. The Labute approximate surface area is 137 Å². The fourth-order valence-corrected chi connectivity index (χ4v) is 3.00. The van der Waals surface area contributed by atoms with E-state index in [9.17, 15) is 0 Å². The van der Waals surface area contributed by atoms with Crippen molar-refractivity contribution in [2.45, 2.75) is 19.0 Å². The van der Waals surface area contributed by atoms with Gasteiger partial charge in [-0.3, -0.25) is 4.90 Å². The van der Waals surface area contributed by atoms with Crippen LogP contribution in [0.2, 0.25) is 0 Å². The van der Waals surface area contributed by atoms with Crippen molar-refractivity contribution in [1.82, 2.24) is 24.4 Å². The molecular formula is C16H25N7. The van der Waals surface area contributed by atoms with Crippen molar-refractivity contribution in [3.05, 3.63) is 30.6 Å². The molecule has 3 rings (SSSR count). The Kier molecular flexibility index (Phi) is 4.47. The number of hydrogen-bond donors (Lipinski definition) is 0. The van der Waals surface area contributed by atoms with E-state index in [1.54, 1.807) is 6.33 Å². The van der Waals surface area contributed by atoms with Gasteiger partial charge in [-0.15, -0.1) is 0 Å². The van der Waals surface area contributed by atoms with Crippen LogP contribution in [0.25, 0.3) is 0 Å². The van der Waals surface area contributed by atoms with Crippen molar-refractivity contribution in [3.63, 3.8) is 0 Å². The third kappa shape index (κ3) is 3.44. The number of likely N-dealkylation sites (tertiary alicyclic amines) is 1.